The van der Waals surface area contributed by atoms with Crippen molar-refractivity contribution >= 4 is 5.97 Å². The maximum Gasteiger partial charge on any atom is 0.338 e. The molecule has 2 rings (SSSR count). The average Bonchev–Trinajstić information content (AvgIpc) is 2.63. The van der Waals surface area contributed by atoms with Gasteiger partial charge in [0.1, 0.15) is 0 Å². The smallest absolute Gasteiger partial charge is 0.338 e. The second-order valence-electron chi connectivity index (χ2n) is 6.30. The minimum absolute atomic E-state index is 0.278. The molecule has 26 heavy (non-hydrogen) atoms. The number of aryl methyl sites for hydroxylation is 2. The van der Waals surface area contributed by atoms with Crippen molar-refractivity contribution < 1.29 is 14.3 Å². The van der Waals surface area contributed by atoms with Crippen LogP contribution < -0.4 is 4.74 Å². The molecule has 0 spiro atoms. The predicted octanol–water partition coefficient (Wildman–Crippen LogP) is 4.38. The number of hydrogen-bond donors (Lipinski definition) is 0. The molecule has 0 amide bonds. The molecule has 0 bridgehead atoms. The first-order chi connectivity index (χ1) is 12.4. The van der Waals surface area contributed by atoms with Crippen LogP contribution in [-0.4, -0.2) is 30.7 Å². The van der Waals surface area contributed by atoms with Crippen molar-refractivity contribution in [3.8, 4) is 17.0 Å². The third kappa shape index (κ3) is 4.25. The first-order valence-electron chi connectivity index (χ1n) is 8.50. The van der Waals surface area contributed by atoms with Crippen LogP contribution in [0.15, 0.2) is 29.4 Å². The number of hydrogen-bond acceptors (Lipinski definition) is 6. The van der Waals surface area contributed by atoms with E-state index in [0.29, 0.717) is 24.5 Å². The Kier molecular flexibility index (Phi) is 6.44. The quantitative estimate of drug-likeness (QED) is 0.543. The number of methoxy groups -OCH3 is 1. The number of nitroso groups, excluding NO2 is 1. The van der Waals surface area contributed by atoms with Crippen molar-refractivity contribution in [2.45, 2.75) is 40.2 Å². The molecule has 6 nitrogen and oxygen atoms in total. The highest BCUT2D eigenvalue weighted by molar-refractivity contribution is 5.93. The van der Waals surface area contributed by atoms with Gasteiger partial charge < -0.3 is 9.47 Å². The molecule has 2 aromatic rings. The lowest BCUT2D eigenvalue weighted by Crippen LogP contribution is -2.08. The lowest BCUT2D eigenvalue weighted by Gasteiger charge is -2.15. The number of carbonyl (C=O) groups is 1. The minimum Gasteiger partial charge on any atom is -0.477 e. The van der Waals surface area contributed by atoms with Crippen LogP contribution in [0, 0.1) is 25.7 Å². The normalized spacial score (nSPS) is 11.7. The Balaban J connectivity index is 2.33. The molecule has 0 radical (unpaired) electrons. The zero-order valence-electron chi connectivity index (χ0n) is 15.8. The summed E-state index contributed by atoms with van der Waals surface area (Å²) in [5, 5.41) is 2.96. The highest BCUT2D eigenvalue weighted by atomic mass is 16.5. The van der Waals surface area contributed by atoms with Crippen LogP contribution in [0.4, 0.5) is 0 Å². The number of ether oxygens (including phenoxy) is 2. The fourth-order valence-electron chi connectivity index (χ4n) is 2.74. The number of esters is 1. The van der Waals surface area contributed by atoms with Gasteiger partial charge in [0.2, 0.25) is 5.88 Å². The molecular weight excluding hydrogens is 332 g/mol. The van der Waals surface area contributed by atoms with Gasteiger partial charge in [0.15, 0.2) is 0 Å². The van der Waals surface area contributed by atoms with Crippen LogP contribution in [0.2, 0.25) is 0 Å². The van der Waals surface area contributed by atoms with E-state index in [4.69, 9.17) is 9.47 Å². The topological polar surface area (TPSA) is 77.9 Å². The Morgan fingerprint density at radius 1 is 1.23 bits per heavy atom. The molecule has 1 heterocycles. The Hall–Kier alpha value is -2.76. The molecule has 0 unspecified atom stereocenters. The van der Waals surface area contributed by atoms with E-state index in [9.17, 15) is 9.70 Å². The summed E-state index contributed by atoms with van der Waals surface area (Å²) >= 11 is 0. The van der Waals surface area contributed by atoms with Crippen LogP contribution in [0.3, 0.4) is 0 Å². The molecule has 0 fully saturated rings. The lowest BCUT2D eigenvalue weighted by molar-refractivity contribution is 0.0600. The average molecular weight is 356 g/mol. The van der Waals surface area contributed by atoms with Gasteiger partial charge >= 0.3 is 5.97 Å². The number of rotatable bonds is 7. The van der Waals surface area contributed by atoms with E-state index in [0.717, 1.165) is 27.9 Å². The van der Waals surface area contributed by atoms with Crippen molar-refractivity contribution in [3.63, 3.8) is 0 Å². The molecule has 0 saturated carbocycles. The van der Waals surface area contributed by atoms with Gasteiger partial charge in [-0.2, -0.15) is 4.91 Å². The molecule has 0 aliphatic rings. The van der Waals surface area contributed by atoms with Crippen LogP contribution in [0.25, 0.3) is 11.1 Å². The first-order valence-corrected chi connectivity index (χ1v) is 8.50. The highest BCUT2D eigenvalue weighted by Gasteiger charge is 2.16. The van der Waals surface area contributed by atoms with Gasteiger partial charge in [0.25, 0.3) is 0 Å². The summed E-state index contributed by atoms with van der Waals surface area (Å²) in [6.07, 6.45) is 0.547. The maximum absolute atomic E-state index is 11.9. The van der Waals surface area contributed by atoms with Crippen molar-refractivity contribution in [2.75, 3.05) is 13.7 Å². The molecule has 1 atom stereocenters. The van der Waals surface area contributed by atoms with Gasteiger partial charge in [-0.3, -0.25) is 0 Å². The second kappa shape index (κ2) is 8.56. The van der Waals surface area contributed by atoms with Gasteiger partial charge in [0.05, 0.1) is 25.3 Å². The summed E-state index contributed by atoms with van der Waals surface area (Å²) in [7, 11) is 1.37. The summed E-state index contributed by atoms with van der Waals surface area (Å²) in [6.45, 7) is 7.86. The van der Waals surface area contributed by atoms with Crippen LogP contribution in [-0.2, 0) is 4.74 Å². The van der Waals surface area contributed by atoms with Crippen LogP contribution in [0.1, 0.15) is 40.5 Å². The fraction of sp³-hybridized carbons (Fsp3) is 0.400. The Morgan fingerprint density at radius 2 is 1.96 bits per heavy atom. The first kappa shape index (κ1) is 19.6. The number of pyridine rings is 1. The molecule has 1 aromatic heterocycles. The monoisotopic (exact) mass is 356 g/mol. The summed E-state index contributed by atoms with van der Waals surface area (Å²) in [5.41, 5.74) is 4.96. The number of nitrogens with zero attached hydrogens (tertiary/aromatic N) is 2. The van der Waals surface area contributed by atoms with E-state index in [1.807, 2.05) is 39.0 Å². The molecule has 0 aliphatic carbocycles. The molecule has 6 heteroatoms. The number of carbonyl (C=O) groups excluding carboxylic acids is 1. The second-order valence-corrected chi connectivity index (χ2v) is 6.30. The van der Waals surface area contributed by atoms with E-state index in [-0.39, 0.29) is 12.0 Å². The minimum atomic E-state index is -0.357. The standard InChI is InChI=1S/C20H24N2O4/c1-12-11-18(15(4)21-19(12)26-10-9-13(2)22-24)16-7-6-8-17(14(16)3)20(23)25-5/h6-8,11,13H,9-10H2,1-5H3/t13-/m0/s1. The molecule has 0 N–H and O–H groups in total. The largest absolute Gasteiger partial charge is 0.477 e. The summed E-state index contributed by atoms with van der Waals surface area (Å²) in [6, 6.07) is 7.27. The molecule has 0 aliphatic heterocycles. The fourth-order valence-corrected chi connectivity index (χ4v) is 2.74. The number of aromatic nitrogens is 1. The zero-order valence-corrected chi connectivity index (χ0v) is 15.8. The van der Waals surface area contributed by atoms with Crippen molar-refractivity contribution in [1.82, 2.24) is 4.98 Å². The van der Waals surface area contributed by atoms with E-state index >= 15 is 0 Å². The van der Waals surface area contributed by atoms with E-state index in [2.05, 4.69) is 10.2 Å². The summed E-state index contributed by atoms with van der Waals surface area (Å²) < 4.78 is 10.6. The predicted molar refractivity (Wildman–Crippen MR) is 101 cm³/mol. The Morgan fingerprint density at radius 3 is 2.62 bits per heavy atom. The SMILES string of the molecule is COC(=O)c1cccc(-c2cc(C)c(OCC[C@H](C)N=O)nc2C)c1C. The molecule has 138 valence electrons. The van der Waals surface area contributed by atoms with Gasteiger partial charge in [0, 0.05) is 23.2 Å². The van der Waals surface area contributed by atoms with E-state index in [1.54, 1.807) is 13.0 Å². The van der Waals surface area contributed by atoms with Gasteiger partial charge in [-0.25, -0.2) is 9.78 Å². The summed E-state index contributed by atoms with van der Waals surface area (Å²) in [4.78, 5) is 26.9. The van der Waals surface area contributed by atoms with Crippen LogP contribution >= 0.6 is 0 Å². The van der Waals surface area contributed by atoms with Crippen molar-refractivity contribution in [3.05, 3.63) is 51.6 Å². The lowest BCUT2D eigenvalue weighted by atomic mass is 9.95. The molecule has 0 saturated heterocycles. The third-order valence-electron chi connectivity index (χ3n) is 4.34. The molecular formula is C20H24N2O4. The molecule has 1 aromatic carbocycles. The van der Waals surface area contributed by atoms with Gasteiger partial charge in [-0.15, -0.1) is 0 Å². The Labute approximate surface area is 153 Å². The zero-order chi connectivity index (χ0) is 19.3. The number of benzene rings is 1. The van der Waals surface area contributed by atoms with E-state index < -0.39 is 0 Å². The highest BCUT2D eigenvalue weighted by Crippen LogP contribution is 2.31. The van der Waals surface area contributed by atoms with E-state index in [1.165, 1.54) is 7.11 Å². The van der Waals surface area contributed by atoms with Gasteiger partial charge in [-0.05, 0) is 51.0 Å². The van der Waals surface area contributed by atoms with Gasteiger partial charge in [-0.1, -0.05) is 17.3 Å². The van der Waals surface area contributed by atoms with Crippen LogP contribution in [0.5, 0.6) is 5.88 Å². The van der Waals surface area contributed by atoms with Crippen molar-refractivity contribution in [2.24, 2.45) is 5.18 Å². The third-order valence-corrected chi connectivity index (χ3v) is 4.34. The Bertz CT molecular complexity index is 818. The maximum atomic E-state index is 11.9. The van der Waals surface area contributed by atoms with Crippen molar-refractivity contribution in [1.29, 1.82) is 0 Å². The summed E-state index contributed by atoms with van der Waals surface area (Å²) in [5.74, 6) is 0.190.